The lowest BCUT2D eigenvalue weighted by Gasteiger charge is -2.14. The number of methoxy groups -OCH3 is 1. The summed E-state index contributed by atoms with van der Waals surface area (Å²) < 4.78 is 7.41. The van der Waals surface area contributed by atoms with Crippen LogP contribution in [0.25, 0.3) is 27.9 Å². The van der Waals surface area contributed by atoms with Crippen LogP contribution in [0.3, 0.4) is 0 Å². The number of nitrogens with zero attached hydrogens (tertiary/aromatic N) is 1. The Balaban J connectivity index is 1.20. The topological polar surface area (TPSA) is 79.3 Å². The van der Waals surface area contributed by atoms with Crippen LogP contribution < -0.4 is 10.1 Å². The summed E-state index contributed by atoms with van der Waals surface area (Å²) in [6, 6.07) is 23.3. The summed E-state index contributed by atoms with van der Waals surface area (Å²) in [5, 5.41) is 16.3. The number of benzene rings is 3. The highest BCUT2D eigenvalue weighted by Crippen LogP contribution is 2.24. The number of carbonyl (C=O) groups excluding carboxylic acids is 1. The number of nitrogens with one attached hydrogen (secondary N) is 2. The number of allylic oxidation sites excluding steroid dienone is 1. The molecule has 0 unspecified atom stereocenters. The first-order valence-corrected chi connectivity index (χ1v) is 12.5. The molecule has 0 bridgehead atoms. The molecule has 3 N–H and O–H groups in total. The molecule has 37 heavy (non-hydrogen) atoms. The van der Waals surface area contributed by atoms with Crippen LogP contribution >= 0.6 is 0 Å². The van der Waals surface area contributed by atoms with Crippen LogP contribution in [-0.2, 0) is 13.0 Å². The van der Waals surface area contributed by atoms with E-state index in [9.17, 15) is 9.90 Å². The number of aliphatic hydroxyl groups is 1. The van der Waals surface area contributed by atoms with Crippen LogP contribution in [0.5, 0.6) is 5.75 Å². The number of aliphatic hydroxyl groups excluding tert-OH is 1. The molecule has 2 aromatic heterocycles. The molecule has 0 fully saturated rings. The summed E-state index contributed by atoms with van der Waals surface area (Å²) in [6.07, 6.45) is 7.79. The maximum absolute atomic E-state index is 12.5. The van der Waals surface area contributed by atoms with Gasteiger partial charge in [0.2, 0.25) is 0 Å². The molecule has 0 amide bonds. The van der Waals surface area contributed by atoms with Gasteiger partial charge in [0.25, 0.3) is 0 Å². The summed E-state index contributed by atoms with van der Waals surface area (Å²) in [6.45, 7) is 1.69. The van der Waals surface area contributed by atoms with Gasteiger partial charge in [-0.3, -0.25) is 4.79 Å². The fourth-order valence-corrected chi connectivity index (χ4v) is 4.70. The van der Waals surface area contributed by atoms with Crippen molar-refractivity contribution in [2.75, 3.05) is 20.2 Å². The average molecular weight is 494 g/mol. The lowest BCUT2D eigenvalue weighted by atomic mass is 10.1. The van der Waals surface area contributed by atoms with Gasteiger partial charge >= 0.3 is 0 Å². The third kappa shape index (κ3) is 5.66. The number of rotatable bonds is 11. The fourth-order valence-electron chi connectivity index (χ4n) is 4.70. The molecule has 5 rings (SSSR count). The fraction of sp³-hybridized carbons (Fsp3) is 0.194. The number of H-pyrrole nitrogens is 1. The van der Waals surface area contributed by atoms with E-state index in [-0.39, 0.29) is 5.78 Å². The summed E-state index contributed by atoms with van der Waals surface area (Å²) in [5.74, 6) is 0.810. The molecule has 2 heterocycles. The number of aromatic nitrogens is 2. The van der Waals surface area contributed by atoms with Crippen molar-refractivity contribution in [3.63, 3.8) is 0 Å². The number of fused-ring (bicyclic) bond motifs is 2. The third-order valence-corrected chi connectivity index (χ3v) is 6.63. The number of hydrogen-bond donors (Lipinski definition) is 3. The number of ether oxygens (including phenoxy) is 1. The Morgan fingerprint density at radius 1 is 1.08 bits per heavy atom. The zero-order valence-corrected chi connectivity index (χ0v) is 20.9. The van der Waals surface area contributed by atoms with Crippen LogP contribution in [-0.4, -0.2) is 46.7 Å². The Bertz CT molecular complexity index is 1530. The molecule has 0 saturated carbocycles. The van der Waals surface area contributed by atoms with E-state index in [2.05, 4.69) is 14.9 Å². The maximum Gasteiger partial charge on any atom is 0.185 e. The van der Waals surface area contributed by atoms with Crippen molar-refractivity contribution < 1.29 is 14.6 Å². The predicted molar refractivity (Wildman–Crippen MR) is 149 cm³/mol. The molecule has 188 valence electrons. The predicted octanol–water partition coefficient (Wildman–Crippen LogP) is 5.22. The van der Waals surface area contributed by atoms with Gasteiger partial charge in [-0.05, 0) is 54.9 Å². The minimum Gasteiger partial charge on any atom is -0.497 e. The number of carbonyl (C=O) groups is 1. The highest BCUT2D eigenvalue weighted by Gasteiger charge is 2.12. The average Bonchev–Trinajstić information content (AvgIpc) is 3.50. The minimum atomic E-state index is -0.554. The second-order valence-electron chi connectivity index (χ2n) is 9.15. The summed E-state index contributed by atoms with van der Waals surface area (Å²) in [7, 11) is 1.67. The van der Waals surface area contributed by atoms with E-state index in [4.69, 9.17) is 4.74 Å². The second kappa shape index (κ2) is 11.3. The third-order valence-electron chi connectivity index (χ3n) is 6.63. The van der Waals surface area contributed by atoms with Gasteiger partial charge in [-0.25, -0.2) is 0 Å². The van der Waals surface area contributed by atoms with Gasteiger partial charge in [0, 0.05) is 58.4 Å². The lowest BCUT2D eigenvalue weighted by molar-refractivity contribution is 0.104. The quantitative estimate of drug-likeness (QED) is 0.134. The largest absolute Gasteiger partial charge is 0.497 e. The second-order valence-corrected chi connectivity index (χ2v) is 9.15. The van der Waals surface area contributed by atoms with E-state index in [1.54, 1.807) is 13.2 Å². The summed E-state index contributed by atoms with van der Waals surface area (Å²) >= 11 is 0. The normalized spacial score (nSPS) is 12.5. The lowest BCUT2D eigenvalue weighted by Crippen LogP contribution is -2.31. The van der Waals surface area contributed by atoms with Gasteiger partial charge in [0.15, 0.2) is 5.78 Å². The van der Waals surface area contributed by atoms with Crippen LogP contribution in [0, 0.1) is 0 Å². The molecule has 3 aromatic carbocycles. The van der Waals surface area contributed by atoms with Crippen LogP contribution in [0.4, 0.5) is 0 Å². The summed E-state index contributed by atoms with van der Waals surface area (Å²) in [5.41, 5.74) is 4.95. The number of para-hydroxylation sites is 1. The first-order valence-electron chi connectivity index (χ1n) is 12.5. The molecule has 0 saturated heterocycles. The molecule has 6 heteroatoms. The van der Waals surface area contributed by atoms with Crippen molar-refractivity contribution >= 4 is 33.7 Å². The molecule has 0 aliphatic heterocycles. The van der Waals surface area contributed by atoms with E-state index in [1.165, 1.54) is 5.56 Å². The van der Waals surface area contributed by atoms with Gasteiger partial charge in [0.1, 0.15) is 5.75 Å². The van der Waals surface area contributed by atoms with Crippen molar-refractivity contribution in [3.05, 3.63) is 108 Å². The zero-order valence-electron chi connectivity index (χ0n) is 20.9. The first-order chi connectivity index (χ1) is 18.1. The Kier molecular flexibility index (Phi) is 7.49. The monoisotopic (exact) mass is 493 g/mol. The van der Waals surface area contributed by atoms with E-state index in [0.717, 1.165) is 46.1 Å². The molecule has 5 aromatic rings. The van der Waals surface area contributed by atoms with E-state index in [0.29, 0.717) is 18.7 Å². The molecular weight excluding hydrogens is 462 g/mol. The highest BCUT2D eigenvalue weighted by atomic mass is 16.5. The maximum atomic E-state index is 12.5. The first kappa shape index (κ1) is 24.6. The smallest absolute Gasteiger partial charge is 0.185 e. The molecule has 0 aliphatic carbocycles. The zero-order chi connectivity index (χ0) is 25.6. The van der Waals surface area contributed by atoms with E-state index < -0.39 is 6.10 Å². The molecule has 0 aliphatic rings. The molecule has 6 nitrogen and oxygen atoms in total. The number of aromatic amines is 1. The van der Waals surface area contributed by atoms with Crippen molar-refractivity contribution in [1.82, 2.24) is 14.9 Å². The Hall–Kier alpha value is -4.13. The Labute approximate surface area is 216 Å². The van der Waals surface area contributed by atoms with Gasteiger partial charge in [-0.15, -0.1) is 0 Å². The van der Waals surface area contributed by atoms with Crippen LogP contribution in [0.1, 0.15) is 21.5 Å². The van der Waals surface area contributed by atoms with Gasteiger partial charge < -0.3 is 24.7 Å². The standard InChI is InChI=1S/C31H31N3O3/c1-37-26-12-13-29-28(17-26)23(18-33-29)15-16-32-19-25(35)21-34-20-24(27-9-5-6-10-30(27)34)11-14-31(36)22-7-3-2-4-8-22/h2-14,17-18,20,25,32-33,35H,15-16,19,21H2,1H3/b14-11+/t25-/m1/s1. The van der Waals surface area contributed by atoms with E-state index >= 15 is 0 Å². The summed E-state index contributed by atoms with van der Waals surface area (Å²) in [4.78, 5) is 15.8. The van der Waals surface area contributed by atoms with Crippen molar-refractivity contribution in [3.8, 4) is 5.75 Å². The SMILES string of the molecule is COc1ccc2[nH]cc(CCNC[C@@H](O)Cn3cc(/C=C/C(=O)c4ccccc4)c4ccccc43)c2c1. The van der Waals surface area contributed by atoms with E-state index in [1.807, 2.05) is 91.3 Å². The van der Waals surface area contributed by atoms with Crippen LogP contribution in [0.15, 0.2) is 91.3 Å². The van der Waals surface area contributed by atoms with Crippen molar-refractivity contribution in [2.45, 2.75) is 19.1 Å². The van der Waals surface area contributed by atoms with Crippen molar-refractivity contribution in [1.29, 1.82) is 0 Å². The molecule has 0 radical (unpaired) electrons. The van der Waals surface area contributed by atoms with Crippen molar-refractivity contribution in [2.24, 2.45) is 0 Å². The van der Waals surface area contributed by atoms with Gasteiger partial charge in [-0.2, -0.15) is 0 Å². The molecular formula is C31H31N3O3. The molecule has 1 atom stereocenters. The molecule has 0 spiro atoms. The minimum absolute atomic E-state index is 0.0321. The highest BCUT2D eigenvalue weighted by molar-refractivity contribution is 6.07. The Morgan fingerprint density at radius 2 is 1.89 bits per heavy atom. The van der Waals surface area contributed by atoms with Gasteiger partial charge in [0.05, 0.1) is 13.2 Å². The Morgan fingerprint density at radius 3 is 2.73 bits per heavy atom. The number of ketones is 1. The van der Waals surface area contributed by atoms with Crippen LogP contribution in [0.2, 0.25) is 0 Å². The number of hydrogen-bond acceptors (Lipinski definition) is 4. The van der Waals surface area contributed by atoms with Gasteiger partial charge in [-0.1, -0.05) is 48.5 Å².